The third-order valence-electron chi connectivity index (χ3n) is 4.55. The lowest BCUT2D eigenvalue weighted by Gasteiger charge is -2.12. The molecule has 0 aliphatic heterocycles. The van der Waals surface area contributed by atoms with Crippen LogP contribution in [0.2, 0.25) is 5.02 Å². The van der Waals surface area contributed by atoms with E-state index in [0.717, 1.165) is 5.75 Å². The van der Waals surface area contributed by atoms with E-state index in [4.69, 9.17) is 25.8 Å². The smallest absolute Gasteiger partial charge is 0.306 e. The van der Waals surface area contributed by atoms with Gasteiger partial charge in [-0.25, -0.2) is 9.97 Å². The lowest BCUT2D eigenvalue weighted by molar-refractivity contribution is -0.143. The van der Waals surface area contributed by atoms with Crippen molar-refractivity contribution < 1.29 is 19.0 Å². The Balaban J connectivity index is 1.57. The molecule has 6 nitrogen and oxygen atoms in total. The molecule has 4 rings (SSSR count). The SMILES string of the molecule is CCOC(=O)CCc1nc2ccc(Cl)cc2nc1Oc1ccc(Oc2ccccc2)cc1. The van der Waals surface area contributed by atoms with Crippen molar-refractivity contribution in [2.45, 2.75) is 19.8 Å². The van der Waals surface area contributed by atoms with Gasteiger partial charge in [0.05, 0.1) is 24.1 Å². The molecule has 162 valence electrons. The van der Waals surface area contributed by atoms with E-state index in [2.05, 4.69) is 9.97 Å². The standard InChI is InChI=1S/C25H21ClN2O4/c1-2-30-24(29)15-14-22-25(28-23-16-17(26)8-13-21(23)27-22)32-20-11-9-19(10-12-20)31-18-6-4-3-5-7-18/h3-13,16H,2,14-15H2,1H3. The Hall–Kier alpha value is -3.64. The highest BCUT2D eigenvalue weighted by Gasteiger charge is 2.14. The third-order valence-corrected chi connectivity index (χ3v) is 4.79. The average Bonchev–Trinajstić information content (AvgIpc) is 2.80. The van der Waals surface area contributed by atoms with E-state index in [9.17, 15) is 4.79 Å². The Morgan fingerprint density at radius 1 is 0.844 bits per heavy atom. The first-order valence-corrected chi connectivity index (χ1v) is 10.6. The number of halogens is 1. The molecule has 0 bridgehead atoms. The minimum absolute atomic E-state index is 0.182. The zero-order valence-electron chi connectivity index (χ0n) is 17.5. The van der Waals surface area contributed by atoms with Gasteiger partial charge in [0.1, 0.15) is 22.9 Å². The maximum absolute atomic E-state index is 11.8. The van der Waals surface area contributed by atoms with E-state index in [1.54, 1.807) is 37.3 Å². The maximum Gasteiger partial charge on any atom is 0.306 e. The summed E-state index contributed by atoms with van der Waals surface area (Å²) in [5.74, 6) is 2.03. The van der Waals surface area contributed by atoms with Crippen LogP contribution >= 0.6 is 11.6 Å². The summed E-state index contributed by atoms with van der Waals surface area (Å²) in [4.78, 5) is 21.1. The predicted molar refractivity (Wildman–Crippen MR) is 123 cm³/mol. The largest absolute Gasteiger partial charge is 0.466 e. The molecule has 0 saturated heterocycles. The minimum atomic E-state index is -0.293. The molecule has 1 heterocycles. The molecule has 0 saturated carbocycles. The van der Waals surface area contributed by atoms with Crippen molar-refractivity contribution in [2.75, 3.05) is 6.61 Å². The molecule has 32 heavy (non-hydrogen) atoms. The average molecular weight is 449 g/mol. The van der Waals surface area contributed by atoms with Gasteiger partial charge in [0.2, 0.25) is 5.88 Å². The summed E-state index contributed by atoms with van der Waals surface area (Å²) in [7, 11) is 0. The first kappa shape index (κ1) is 21.6. The minimum Gasteiger partial charge on any atom is -0.466 e. The molecule has 0 aliphatic carbocycles. The number of aryl methyl sites for hydroxylation is 1. The van der Waals surface area contributed by atoms with Gasteiger partial charge in [-0.15, -0.1) is 0 Å². The van der Waals surface area contributed by atoms with Crippen molar-refractivity contribution in [1.29, 1.82) is 0 Å². The summed E-state index contributed by atoms with van der Waals surface area (Å²) in [6, 6.07) is 22.0. The maximum atomic E-state index is 11.8. The lowest BCUT2D eigenvalue weighted by atomic mass is 10.2. The summed E-state index contributed by atoms with van der Waals surface area (Å²) in [6.45, 7) is 2.11. The van der Waals surface area contributed by atoms with Gasteiger partial charge >= 0.3 is 5.97 Å². The second kappa shape index (κ2) is 10.1. The van der Waals surface area contributed by atoms with Crippen molar-refractivity contribution in [3.8, 4) is 23.1 Å². The van der Waals surface area contributed by atoms with Gasteiger partial charge in [0.25, 0.3) is 0 Å². The number of ether oxygens (including phenoxy) is 3. The summed E-state index contributed by atoms with van der Waals surface area (Å²) in [5.41, 5.74) is 1.85. The second-order valence-corrected chi connectivity index (χ2v) is 7.34. The molecule has 1 aromatic heterocycles. The number of hydrogen-bond donors (Lipinski definition) is 0. The van der Waals surface area contributed by atoms with Crippen LogP contribution in [0, 0.1) is 0 Å². The molecule has 0 amide bonds. The fourth-order valence-corrected chi connectivity index (χ4v) is 3.22. The van der Waals surface area contributed by atoms with Crippen LogP contribution in [-0.2, 0) is 16.0 Å². The van der Waals surface area contributed by atoms with E-state index in [-0.39, 0.29) is 12.4 Å². The molecule has 0 aliphatic rings. The third kappa shape index (κ3) is 5.53. The highest BCUT2D eigenvalue weighted by Crippen LogP contribution is 2.29. The second-order valence-electron chi connectivity index (χ2n) is 6.90. The number of nitrogens with zero attached hydrogens (tertiary/aromatic N) is 2. The molecule has 0 radical (unpaired) electrons. The molecule has 3 aromatic carbocycles. The molecule has 7 heteroatoms. The molecular weight excluding hydrogens is 428 g/mol. The van der Waals surface area contributed by atoms with Crippen molar-refractivity contribution >= 4 is 28.6 Å². The summed E-state index contributed by atoms with van der Waals surface area (Å²) < 4.78 is 16.9. The van der Waals surface area contributed by atoms with E-state index >= 15 is 0 Å². The van der Waals surface area contributed by atoms with Crippen LogP contribution in [0.5, 0.6) is 23.1 Å². The van der Waals surface area contributed by atoms with Gasteiger partial charge in [-0.05, 0) is 61.5 Å². The molecule has 0 fully saturated rings. The van der Waals surface area contributed by atoms with Crippen LogP contribution < -0.4 is 9.47 Å². The van der Waals surface area contributed by atoms with Crippen molar-refractivity contribution in [1.82, 2.24) is 9.97 Å². The Kier molecular flexibility index (Phi) is 6.82. The zero-order valence-corrected chi connectivity index (χ0v) is 18.2. The van der Waals surface area contributed by atoms with Crippen LogP contribution in [0.25, 0.3) is 11.0 Å². The quantitative estimate of drug-likeness (QED) is 0.292. The highest BCUT2D eigenvalue weighted by molar-refractivity contribution is 6.31. The van der Waals surface area contributed by atoms with E-state index < -0.39 is 0 Å². The number of carbonyl (C=O) groups is 1. The van der Waals surface area contributed by atoms with Crippen LogP contribution in [0.4, 0.5) is 0 Å². The zero-order chi connectivity index (χ0) is 22.3. The summed E-state index contributed by atoms with van der Waals surface area (Å²) in [6.07, 6.45) is 0.525. The number of aromatic nitrogens is 2. The number of fused-ring (bicyclic) bond motifs is 1. The Bertz CT molecular complexity index is 1210. The molecule has 4 aromatic rings. The van der Waals surface area contributed by atoms with E-state index in [0.29, 0.717) is 52.2 Å². The van der Waals surface area contributed by atoms with Crippen LogP contribution in [0.3, 0.4) is 0 Å². The molecule has 0 spiro atoms. The number of hydrogen-bond acceptors (Lipinski definition) is 6. The highest BCUT2D eigenvalue weighted by atomic mass is 35.5. The van der Waals surface area contributed by atoms with Crippen LogP contribution in [-0.4, -0.2) is 22.5 Å². The first-order valence-electron chi connectivity index (χ1n) is 10.2. The summed E-state index contributed by atoms with van der Waals surface area (Å²) in [5, 5.41) is 0.555. The van der Waals surface area contributed by atoms with Crippen molar-refractivity contribution in [3.63, 3.8) is 0 Å². The predicted octanol–water partition coefficient (Wildman–Crippen LogP) is 6.36. The van der Waals surface area contributed by atoms with Gasteiger partial charge in [0.15, 0.2) is 0 Å². The Morgan fingerprint density at radius 3 is 2.25 bits per heavy atom. The fourth-order valence-electron chi connectivity index (χ4n) is 3.06. The molecular formula is C25H21ClN2O4. The summed E-state index contributed by atoms with van der Waals surface area (Å²) >= 11 is 6.11. The van der Waals surface area contributed by atoms with Crippen molar-refractivity contribution in [2.24, 2.45) is 0 Å². The number of carbonyl (C=O) groups excluding carboxylic acids is 1. The van der Waals surface area contributed by atoms with E-state index in [1.165, 1.54) is 0 Å². The van der Waals surface area contributed by atoms with Gasteiger partial charge in [0, 0.05) is 11.4 Å². The van der Waals surface area contributed by atoms with Crippen LogP contribution in [0.15, 0.2) is 72.8 Å². The lowest BCUT2D eigenvalue weighted by Crippen LogP contribution is -2.07. The number of benzene rings is 3. The van der Waals surface area contributed by atoms with Gasteiger partial charge in [-0.3, -0.25) is 4.79 Å². The Morgan fingerprint density at radius 2 is 1.53 bits per heavy atom. The van der Waals surface area contributed by atoms with Gasteiger partial charge < -0.3 is 14.2 Å². The van der Waals surface area contributed by atoms with Crippen molar-refractivity contribution in [3.05, 3.63) is 83.5 Å². The normalized spacial score (nSPS) is 10.7. The van der Waals surface area contributed by atoms with Gasteiger partial charge in [-0.1, -0.05) is 29.8 Å². The number of para-hydroxylation sites is 1. The van der Waals surface area contributed by atoms with Crippen LogP contribution in [0.1, 0.15) is 19.0 Å². The molecule has 0 N–H and O–H groups in total. The molecule has 0 unspecified atom stereocenters. The topological polar surface area (TPSA) is 70.5 Å². The number of esters is 1. The van der Waals surface area contributed by atoms with E-state index in [1.807, 2.05) is 42.5 Å². The fraction of sp³-hybridized carbons (Fsp3) is 0.160. The monoisotopic (exact) mass is 448 g/mol. The molecule has 0 atom stereocenters. The first-order chi connectivity index (χ1) is 15.6. The van der Waals surface area contributed by atoms with Gasteiger partial charge in [-0.2, -0.15) is 0 Å². The number of rotatable bonds is 8. The Labute approximate surface area is 190 Å².